The third kappa shape index (κ3) is 4.25. The number of hydrogen-bond donors (Lipinski definition) is 2. The van der Waals surface area contributed by atoms with E-state index in [0.717, 1.165) is 0 Å². The number of amides is 1. The lowest BCUT2D eigenvalue weighted by atomic mass is 10.0. The molecule has 24 heavy (non-hydrogen) atoms. The van der Waals surface area contributed by atoms with Gasteiger partial charge in [-0.05, 0) is 29.8 Å². The zero-order valence-electron chi connectivity index (χ0n) is 13.5. The molecule has 0 heterocycles. The van der Waals surface area contributed by atoms with Gasteiger partial charge >= 0.3 is 5.97 Å². The summed E-state index contributed by atoms with van der Waals surface area (Å²) < 4.78 is 10.4. The lowest BCUT2D eigenvalue weighted by Gasteiger charge is -2.19. The van der Waals surface area contributed by atoms with Gasteiger partial charge in [-0.2, -0.15) is 0 Å². The SMILES string of the molecule is COc1ccc([C@H](CC(=O)O)NC(=O)c2ccccc2)cc1OC. The Morgan fingerprint density at radius 2 is 1.71 bits per heavy atom. The number of carboxylic acid groups (broad SMARTS) is 1. The lowest BCUT2D eigenvalue weighted by Crippen LogP contribution is -2.30. The molecule has 2 N–H and O–H groups in total. The number of aliphatic carboxylic acids is 1. The number of carboxylic acids is 1. The fraction of sp³-hybridized carbons (Fsp3) is 0.222. The summed E-state index contributed by atoms with van der Waals surface area (Å²) in [5, 5.41) is 11.9. The van der Waals surface area contributed by atoms with E-state index in [9.17, 15) is 9.59 Å². The molecule has 0 unspecified atom stereocenters. The van der Waals surface area contributed by atoms with Crippen LogP contribution in [0, 0.1) is 0 Å². The topological polar surface area (TPSA) is 84.9 Å². The molecular formula is C18H19NO5. The van der Waals surface area contributed by atoms with Gasteiger partial charge in [0.15, 0.2) is 11.5 Å². The number of carbonyl (C=O) groups excluding carboxylic acids is 1. The van der Waals surface area contributed by atoms with Gasteiger partial charge in [0.2, 0.25) is 0 Å². The Hall–Kier alpha value is -3.02. The fourth-order valence-corrected chi connectivity index (χ4v) is 2.33. The normalized spacial score (nSPS) is 11.4. The molecule has 2 aromatic rings. The molecule has 0 saturated carbocycles. The minimum atomic E-state index is -1.01. The highest BCUT2D eigenvalue weighted by atomic mass is 16.5. The van der Waals surface area contributed by atoms with E-state index in [1.807, 2.05) is 0 Å². The van der Waals surface area contributed by atoms with Gasteiger partial charge in [-0.15, -0.1) is 0 Å². The van der Waals surface area contributed by atoms with E-state index in [4.69, 9.17) is 14.6 Å². The summed E-state index contributed by atoms with van der Waals surface area (Å²) in [5.41, 5.74) is 1.09. The maximum atomic E-state index is 12.3. The molecule has 6 nitrogen and oxygen atoms in total. The largest absolute Gasteiger partial charge is 0.493 e. The van der Waals surface area contributed by atoms with Gasteiger partial charge < -0.3 is 19.9 Å². The Morgan fingerprint density at radius 3 is 2.29 bits per heavy atom. The second kappa shape index (κ2) is 8.01. The predicted molar refractivity (Wildman–Crippen MR) is 88.4 cm³/mol. The van der Waals surface area contributed by atoms with Gasteiger partial charge in [0.25, 0.3) is 5.91 Å². The molecule has 0 saturated heterocycles. The second-order valence-electron chi connectivity index (χ2n) is 5.10. The summed E-state index contributed by atoms with van der Waals surface area (Å²) in [6, 6.07) is 13.0. The third-order valence-electron chi connectivity index (χ3n) is 3.53. The second-order valence-corrected chi connectivity index (χ2v) is 5.10. The number of hydrogen-bond acceptors (Lipinski definition) is 4. The van der Waals surface area contributed by atoms with Gasteiger partial charge in [0.1, 0.15) is 0 Å². The molecule has 0 aromatic heterocycles. The number of ether oxygens (including phenoxy) is 2. The highest BCUT2D eigenvalue weighted by molar-refractivity contribution is 5.94. The monoisotopic (exact) mass is 329 g/mol. The van der Waals surface area contributed by atoms with E-state index in [1.165, 1.54) is 14.2 Å². The zero-order valence-corrected chi connectivity index (χ0v) is 13.5. The summed E-state index contributed by atoms with van der Waals surface area (Å²) in [7, 11) is 3.01. The molecule has 126 valence electrons. The molecule has 1 amide bonds. The molecule has 0 fully saturated rings. The van der Waals surface area contributed by atoms with Crippen LogP contribution in [-0.4, -0.2) is 31.2 Å². The maximum Gasteiger partial charge on any atom is 0.305 e. The van der Waals surface area contributed by atoms with Crippen molar-refractivity contribution in [2.24, 2.45) is 0 Å². The van der Waals surface area contributed by atoms with Crippen molar-refractivity contribution in [1.29, 1.82) is 0 Å². The van der Waals surface area contributed by atoms with Crippen molar-refractivity contribution in [3.63, 3.8) is 0 Å². The smallest absolute Gasteiger partial charge is 0.305 e. The van der Waals surface area contributed by atoms with E-state index in [-0.39, 0.29) is 12.3 Å². The van der Waals surface area contributed by atoms with Crippen molar-refractivity contribution >= 4 is 11.9 Å². The average molecular weight is 329 g/mol. The van der Waals surface area contributed by atoms with E-state index < -0.39 is 12.0 Å². The van der Waals surface area contributed by atoms with Crippen LogP contribution in [0.1, 0.15) is 28.4 Å². The van der Waals surface area contributed by atoms with Crippen LogP contribution in [0.4, 0.5) is 0 Å². The van der Waals surface area contributed by atoms with Gasteiger partial charge in [-0.1, -0.05) is 24.3 Å². The van der Waals surface area contributed by atoms with Gasteiger partial charge in [0.05, 0.1) is 26.7 Å². The van der Waals surface area contributed by atoms with Gasteiger partial charge in [-0.3, -0.25) is 9.59 Å². The summed E-state index contributed by atoms with van der Waals surface area (Å²) >= 11 is 0. The summed E-state index contributed by atoms with van der Waals surface area (Å²) in [6.45, 7) is 0. The number of benzene rings is 2. The number of carbonyl (C=O) groups is 2. The number of rotatable bonds is 7. The minimum absolute atomic E-state index is 0.242. The van der Waals surface area contributed by atoms with Crippen LogP contribution < -0.4 is 14.8 Å². The van der Waals surface area contributed by atoms with Crippen molar-refractivity contribution in [3.05, 3.63) is 59.7 Å². The summed E-state index contributed by atoms with van der Waals surface area (Å²) in [5.74, 6) is -0.344. The van der Waals surface area contributed by atoms with Crippen molar-refractivity contribution in [2.75, 3.05) is 14.2 Å². The fourth-order valence-electron chi connectivity index (χ4n) is 2.33. The first kappa shape index (κ1) is 17.3. The van der Waals surface area contributed by atoms with Gasteiger partial charge in [-0.25, -0.2) is 0 Å². The van der Waals surface area contributed by atoms with Crippen LogP contribution in [0.25, 0.3) is 0 Å². The van der Waals surface area contributed by atoms with E-state index in [2.05, 4.69) is 5.32 Å². The molecule has 0 aliphatic heterocycles. The molecule has 0 radical (unpaired) electrons. The van der Waals surface area contributed by atoms with E-state index >= 15 is 0 Å². The third-order valence-corrected chi connectivity index (χ3v) is 3.53. The lowest BCUT2D eigenvalue weighted by molar-refractivity contribution is -0.137. The molecule has 1 atom stereocenters. The average Bonchev–Trinajstić information content (AvgIpc) is 2.60. The number of nitrogens with one attached hydrogen (secondary N) is 1. The molecule has 0 aliphatic carbocycles. The molecular weight excluding hydrogens is 310 g/mol. The molecule has 6 heteroatoms. The Bertz CT molecular complexity index is 715. The van der Waals surface area contributed by atoms with Crippen LogP contribution in [0.15, 0.2) is 48.5 Å². The molecule has 2 aromatic carbocycles. The van der Waals surface area contributed by atoms with Crippen LogP contribution in [0.3, 0.4) is 0 Å². The van der Waals surface area contributed by atoms with Crippen molar-refractivity contribution in [3.8, 4) is 11.5 Å². The highest BCUT2D eigenvalue weighted by Crippen LogP contribution is 2.31. The molecule has 0 spiro atoms. The maximum absolute atomic E-state index is 12.3. The highest BCUT2D eigenvalue weighted by Gasteiger charge is 2.20. The Kier molecular flexibility index (Phi) is 5.78. The Labute approximate surface area is 140 Å². The zero-order chi connectivity index (χ0) is 17.5. The molecule has 2 rings (SSSR count). The van der Waals surface area contributed by atoms with Crippen LogP contribution in [0.5, 0.6) is 11.5 Å². The molecule has 0 aliphatic rings. The van der Waals surface area contributed by atoms with E-state index in [1.54, 1.807) is 48.5 Å². The van der Waals surface area contributed by atoms with Crippen molar-refractivity contribution in [1.82, 2.24) is 5.32 Å². The number of methoxy groups -OCH3 is 2. The predicted octanol–water partition coefficient (Wildman–Crippen LogP) is 2.65. The van der Waals surface area contributed by atoms with Crippen molar-refractivity contribution < 1.29 is 24.2 Å². The first-order valence-corrected chi connectivity index (χ1v) is 7.34. The standard InChI is InChI=1S/C18H19NO5/c1-23-15-9-8-13(10-16(15)24-2)14(11-17(20)21)19-18(22)12-6-4-3-5-7-12/h3-10,14H,11H2,1-2H3,(H,19,22)(H,20,21)/t14-/m0/s1. The quantitative estimate of drug-likeness (QED) is 0.816. The van der Waals surface area contributed by atoms with Crippen LogP contribution >= 0.6 is 0 Å². The van der Waals surface area contributed by atoms with Gasteiger partial charge in [0, 0.05) is 5.56 Å². The van der Waals surface area contributed by atoms with E-state index in [0.29, 0.717) is 22.6 Å². The van der Waals surface area contributed by atoms with Crippen LogP contribution in [0.2, 0.25) is 0 Å². The first-order valence-electron chi connectivity index (χ1n) is 7.34. The van der Waals surface area contributed by atoms with Crippen molar-refractivity contribution in [2.45, 2.75) is 12.5 Å². The van der Waals surface area contributed by atoms with Crippen LogP contribution in [-0.2, 0) is 4.79 Å². The Morgan fingerprint density at radius 1 is 1.04 bits per heavy atom. The minimum Gasteiger partial charge on any atom is -0.493 e. The Balaban J connectivity index is 2.28. The summed E-state index contributed by atoms with van der Waals surface area (Å²) in [6.07, 6.45) is -0.242. The first-order chi connectivity index (χ1) is 11.5. The summed E-state index contributed by atoms with van der Waals surface area (Å²) in [4.78, 5) is 23.5. The molecule has 0 bridgehead atoms.